The van der Waals surface area contributed by atoms with Gasteiger partial charge in [-0.3, -0.25) is 4.99 Å². The van der Waals surface area contributed by atoms with Crippen LogP contribution in [0.4, 0.5) is 5.69 Å². The molecule has 1 unspecified atom stereocenters. The van der Waals surface area contributed by atoms with Crippen molar-refractivity contribution >= 4 is 23.5 Å². The van der Waals surface area contributed by atoms with Crippen LogP contribution in [0.1, 0.15) is 32.4 Å². The van der Waals surface area contributed by atoms with Crippen LogP contribution < -0.4 is 0 Å². The molecule has 1 atom stereocenters. The van der Waals surface area contributed by atoms with E-state index in [0.29, 0.717) is 16.8 Å². The van der Waals surface area contributed by atoms with Crippen molar-refractivity contribution in [3.8, 4) is 0 Å². The van der Waals surface area contributed by atoms with Crippen LogP contribution in [0.5, 0.6) is 0 Å². The van der Waals surface area contributed by atoms with Gasteiger partial charge in [0.2, 0.25) is 0 Å². The van der Waals surface area contributed by atoms with Crippen molar-refractivity contribution in [2.75, 3.05) is 0 Å². The van der Waals surface area contributed by atoms with Gasteiger partial charge >= 0.3 is 0 Å². The molecule has 0 radical (unpaired) electrons. The van der Waals surface area contributed by atoms with E-state index in [9.17, 15) is 0 Å². The molecule has 0 bridgehead atoms. The lowest BCUT2D eigenvalue weighted by molar-refractivity contribution is 0.592. The molecular formula is C11H16ClN3. The summed E-state index contributed by atoms with van der Waals surface area (Å²) in [6, 6.07) is 0. The van der Waals surface area contributed by atoms with E-state index < -0.39 is 0 Å². The summed E-state index contributed by atoms with van der Waals surface area (Å²) in [5.74, 6) is 0.650. The molecule has 0 N–H and O–H groups in total. The predicted molar refractivity (Wildman–Crippen MR) is 64.0 cm³/mol. The number of halogens is 1. The second kappa shape index (κ2) is 5.81. The van der Waals surface area contributed by atoms with Crippen LogP contribution in [0.25, 0.3) is 0 Å². The van der Waals surface area contributed by atoms with Crippen molar-refractivity contribution < 1.29 is 0 Å². The number of nitrogens with zero attached hydrogens (tertiary/aromatic N) is 3. The SMILES string of the molecule is CCC(C)C/C=N\c1c(C)ncnc1Cl. The van der Waals surface area contributed by atoms with E-state index in [1.165, 1.54) is 6.33 Å². The molecule has 0 saturated carbocycles. The van der Waals surface area contributed by atoms with Gasteiger partial charge in [0, 0.05) is 6.21 Å². The van der Waals surface area contributed by atoms with Gasteiger partial charge in [-0.05, 0) is 19.3 Å². The van der Waals surface area contributed by atoms with E-state index in [1.54, 1.807) is 0 Å². The van der Waals surface area contributed by atoms with Crippen LogP contribution in [0.15, 0.2) is 11.3 Å². The Bertz CT molecular complexity index is 329. The lowest BCUT2D eigenvalue weighted by atomic mass is 10.1. The summed E-state index contributed by atoms with van der Waals surface area (Å²) in [5.41, 5.74) is 1.50. The van der Waals surface area contributed by atoms with Gasteiger partial charge in [0.05, 0.1) is 5.69 Å². The molecule has 0 spiro atoms. The van der Waals surface area contributed by atoms with Gasteiger partial charge in [-0.1, -0.05) is 31.9 Å². The molecule has 0 fully saturated rings. The van der Waals surface area contributed by atoms with Crippen LogP contribution in [-0.2, 0) is 0 Å². The first kappa shape index (κ1) is 12.1. The largest absolute Gasteiger partial charge is 0.256 e. The fraction of sp³-hybridized carbons (Fsp3) is 0.545. The normalized spacial score (nSPS) is 13.3. The summed E-state index contributed by atoms with van der Waals surface area (Å²) >= 11 is 5.91. The average molecular weight is 226 g/mol. The molecule has 1 aromatic heterocycles. The molecule has 4 heteroatoms. The van der Waals surface area contributed by atoms with Crippen molar-refractivity contribution in [3.63, 3.8) is 0 Å². The Morgan fingerprint density at radius 1 is 1.53 bits per heavy atom. The monoisotopic (exact) mass is 225 g/mol. The molecule has 0 aliphatic carbocycles. The molecule has 3 nitrogen and oxygen atoms in total. The molecule has 0 saturated heterocycles. The highest BCUT2D eigenvalue weighted by Gasteiger charge is 2.03. The van der Waals surface area contributed by atoms with Gasteiger partial charge in [-0.15, -0.1) is 0 Å². The van der Waals surface area contributed by atoms with Crippen molar-refractivity contribution in [3.05, 3.63) is 17.2 Å². The lowest BCUT2D eigenvalue weighted by Crippen LogP contribution is -1.92. The second-order valence-corrected chi connectivity index (χ2v) is 4.02. The molecule has 82 valence electrons. The van der Waals surface area contributed by atoms with E-state index in [-0.39, 0.29) is 0 Å². The van der Waals surface area contributed by atoms with Crippen LogP contribution in [0.3, 0.4) is 0 Å². The maximum atomic E-state index is 5.91. The summed E-state index contributed by atoms with van der Waals surface area (Å²) in [4.78, 5) is 12.3. The third kappa shape index (κ3) is 3.59. The highest BCUT2D eigenvalue weighted by molar-refractivity contribution is 6.31. The van der Waals surface area contributed by atoms with Crippen molar-refractivity contribution in [2.45, 2.75) is 33.6 Å². The molecule has 0 aliphatic heterocycles. The zero-order valence-electron chi connectivity index (χ0n) is 9.37. The van der Waals surface area contributed by atoms with E-state index in [1.807, 2.05) is 13.1 Å². The minimum Gasteiger partial charge on any atom is -0.256 e. The number of aryl methyl sites for hydroxylation is 1. The Hall–Kier alpha value is -0.960. The molecule has 1 heterocycles. The minimum absolute atomic E-state index is 0.419. The second-order valence-electron chi connectivity index (χ2n) is 3.66. The first-order valence-corrected chi connectivity index (χ1v) is 5.52. The zero-order chi connectivity index (χ0) is 11.3. The molecule has 0 aromatic carbocycles. The van der Waals surface area contributed by atoms with Crippen LogP contribution in [0.2, 0.25) is 5.15 Å². The summed E-state index contributed by atoms with van der Waals surface area (Å²) < 4.78 is 0. The van der Waals surface area contributed by atoms with Gasteiger partial charge in [0.25, 0.3) is 0 Å². The molecule has 1 rings (SSSR count). The van der Waals surface area contributed by atoms with Gasteiger partial charge in [-0.2, -0.15) is 0 Å². The van der Waals surface area contributed by atoms with Crippen LogP contribution in [0, 0.1) is 12.8 Å². The van der Waals surface area contributed by atoms with Crippen LogP contribution >= 0.6 is 11.6 Å². The summed E-state index contributed by atoms with van der Waals surface area (Å²) in [7, 11) is 0. The molecule has 15 heavy (non-hydrogen) atoms. The third-order valence-electron chi connectivity index (χ3n) is 2.39. The Morgan fingerprint density at radius 3 is 2.87 bits per heavy atom. The zero-order valence-corrected chi connectivity index (χ0v) is 10.1. The fourth-order valence-corrected chi connectivity index (χ4v) is 1.30. The third-order valence-corrected chi connectivity index (χ3v) is 2.66. The standard InChI is InChI=1S/C11H16ClN3/c1-4-8(2)5-6-13-10-9(3)14-7-15-11(10)12/h6-8H,4-5H2,1-3H3/b13-6-. The molecular weight excluding hydrogens is 210 g/mol. The smallest absolute Gasteiger partial charge is 0.158 e. The van der Waals surface area contributed by atoms with Crippen molar-refractivity contribution in [2.24, 2.45) is 10.9 Å². The van der Waals surface area contributed by atoms with Gasteiger partial charge in [0.1, 0.15) is 12.0 Å². The Balaban J connectivity index is 2.72. The number of aromatic nitrogens is 2. The highest BCUT2D eigenvalue weighted by atomic mass is 35.5. The summed E-state index contributed by atoms with van der Waals surface area (Å²) in [6.07, 6.45) is 5.46. The lowest BCUT2D eigenvalue weighted by Gasteiger charge is -2.03. The number of hydrogen-bond donors (Lipinski definition) is 0. The van der Waals surface area contributed by atoms with Crippen LogP contribution in [-0.4, -0.2) is 16.2 Å². The average Bonchev–Trinajstić information content (AvgIpc) is 2.22. The maximum absolute atomic E-state index is 5.91. The maximum Gasteiger partial charge on any atom is 0.158 e. The quantitative estimate of drug-likeness (QED) is 0.580. The molecule has 0 aliphatic rings. The number of hydrogen-bond acceptors (Lipinski definition) is 3. The Morgan fingerprint density at radius 2 is 2.27 bits per heavy atom. The van der Waals surface area contributed by atoms with E-state index in [0.717, 1.165) is 18.5 Å². The fourth-order valence-electron chi connectivity index (χ4n) is 1.08. The van der Waals surface area contributed by atoms with Gasteiger partial charge in [0.15, 0.2) is 5.15 Å². The number of aliphatic imine (C=N–C) groups is 1. The highest BCUT2D eigenvalue weighted by Crippen LogP contribution is 2.24. The first-order valence-electron chi connectivity index (χ1n) is 5.14. The van der Waals surface area contributed by atoms with Crippen molar-refractivity contribution in [1.29, 1.82) is 0 Å². The Kier molecular flexibility index (Phi) is 4.69. The van der Waals surface area contributed by atoms with Gasteiger partial charge < -0.3 is 0 Å². The molecule has 0 amide bonds. The topological polar surface area (TPSA) is 38.1 Å². The van der Waals surface area contributed by atoms with E-state index in [4.69, 9.17) is 11.6 Å². The first-order chi connectivity index (χ1) is 7.15. The molecule has 1 aromatic rings. The summed E-state index contributed by atoms with van der Waals surface area (Å²) in [6.45, 7) is 6.24. The van der Waals surface area contributed by atoms with E-state index in [2.05, 4.69) is 28.8 Å². The van der Waals surface area contributed by atoms with Crippen molar-refractivity contribution in [1.82, 2.24) is 9.97 Å². The van der Waals surface area contributed by atoms with E-state index >= 15 is 0 Å². The Labute approximate surface area is 95.6 Å². The number of rotatable bonds is 4. The predicted octanol–water partition coefficient (Wildman–Crippen LogP) is 3.58. The minimum atomic E-state index is 0.419. The van der Waals surface area contributed by atoms with Gasteiger partial charge in [-0.25, -0.2) is 9.97 Å². The summed E-state index contributed by atoms with van der Waals surface area (Å²) in [5, 5.41) is 0.419.